The Labute approximate surface area is 146 Å². The van der Waals surface area contributed by atoms with Crippen LogP contribution in [0.3, 0.4) is 0 Å². The summed E-state index contributed by atoms with van der Waals surface area (Å²) in [6, 6.07) is 6.27. The molecule has 6 nitrogen and oxygen atoms in total. The van der Waals surface area contributed by atoms with E-state index in [1.165, 1.54) is 12.8 Å². The van der Waals surface area contributed by atoms with Crippen LogP contribution in [0.25, 0.3) is 0 Å². The molecule has 1 aromatic heterocycles. The molecule has 0 unspecified atom stereocenters. The maximum absolute atomic E-state index is 5.30. The molecule has 1 fully saturated rings. The number of benzene rings is 1. The smallest absolute Gasteiger partial charge is 0.189 e. The van der Waals surface area contributed by atoms with Gasteiger partial charge in [0.15, 0.2) is 5.16 Å². The molecule has 1 aliphatic carbocycles. The molecule has 7 heteroatoms. The molecule has 0 atom stereocenters. The van der Waals surface area contributed by atoms with Crippen LogP contribution in [0.1, 0.15) is 18.4 Å². The lowest BCUT2D eigenvalue weighted by Crippen LogP contribution is -2.10. The number of anilines is 2. The number of methoxy groups -OCH3 is 2. The molecule has 0 bridgehead atoms. The van der Waals surface area contributed by atoms with Crippen LogP contribution in [0, 0.1) is 0 Å². The topological polar surface area (TPSA) is 68.3 Å². The summed E-state index contributed by atoms with van der Waals surface area (Å²) < 4.78 is 10.6. The van der Waals surface area contributed by atoms with E-state index in [4.69, 9.17) is 9.47 Å². The number of hydrogen-bond donors (Lipinski definition) is 2. The minimum atomic E-state index is 0.547. The van der Waals surface area contributed by atoms with Gasteiger partial charge in [0, 0.05) is 48.2 Å². The zero-order valence-corrected chi connectivity index (χ0v) is 14.9. The highest BCUT2D eigenvalue weighted by atomic mass is 32.2. The van der Waals surface area contributed by atoms with Crippen molar-refractivity contribution >= 4 is 23.3 Å². The third-order valence-corrected chi connectivity index (χ3v) is 4.34. The fourth-order valence-corrected chi connectivity index (χ4v) is 2.61. The van der Waals surface area contributed by atoms with Gasteiger partial charge < -0.3 is 20.1 Å². The minimum absolute atomic E-state index is 0.547. The quantitative estimate of drug-likeness (QED) is 0.561. The van der Waals surface area contributed by atoms with Gasteiger partial charge in [-0.05, 0) is 19.1 Å². The van der Waals surface area contributed by atoms with Crippen molar-refractivity contribution in [2.24, 2.45) is 0 Å². The molecule has 3 rings (SSSR count). The number of thioether (sulfide) groups is 1. The monoisotopic (exact) mass is 346 g/mol. The average Bonchev–Trinajstić information content (AvgIpc) is 3.44. The summed E-state index contributed by atoms with van der Waals surface area (Å²) in [5.74, 6) is 2.42. The van der Waals surface area contributed by atoms with E-state index < -0.39 is 0 Å². The number of hydrogen-bond acceptors (Lipinski definition) is 7. The van der Waals surface area contributed by atoms with Crippen LogP contribution in [0.2, 0.25) is 0 Å². The summed E-state index contributed by atoms with van der Waals surface area (Å²) in [6.45, 7) is 0.625. The summed E-state index contributed by atoms with van der Waals surface area (Å²) in [4.78, 5) is 8.99. The van der Waals surface area contributed by atoms with E-state index in [-0.39, 0.29) is 0 Å². The molecular formula is C17H22N4O2S. The molecule has 1 heterocycles. The van der Waals surface area contributed by atoms with Gasteiger partial charge >= 0.3 is 0 Å². The maximum atomic E-state index is 5.30. The number of ether oxygens (including phenoxy) is 2. The Hall–Kier alpha value is -2.15. The van der Waals surface area contributed by atoms with E-state index >= 15 is 0 Å². The van der Waals surface area contributed by atoms with Crippen LogP contribution in [-0.4, -0.2) is 36.5 Å². The Morgan fingerprint density at radius 3 is 2.46 bits per heavy atom. The first-order valence-electron chi connectivity index (χ1n) is 7.85. The van der Waals surface area contributed by atoms with Gasteiger partial charge in [0.1, 0.15) is 17.3 Å². The van der Waals surface area contributed by atoms with Gasteiger partial charge in [0.05, 0.1) is 14.2 Å². The summed E-state index contributed by atoms with van der Waals surface area (Å²) in [6.07, 6.45) is 6.28. The number of rotatable bonds is 8. The first kappa shape index (κ1) is 16.7. The van der Waals surface area contributed by atoms with Gasteiger partial charge in [-0.3, -0.25) is 0 Å². The zero-order chi connectivity index (χ0) is 16.9. The molecule has 0 amide bonds. The Bertz CT molecular complexity index is 685. The molecule has 1 saturated carbocycles. The van der Waals surface area contributed by atoms with E-state index in [0.29, 0.717) is 12.6 Å². The molecule has 128 valence electrons. The molecule has 2 N–H and O–H groups in total. The van der Waals surface area contributed by atoms with Gasteiger partial charge in [-0.25, -0.2) is 9.97 Å². The number of nitrogens with one attached hydrogen (secondary N) is 2. The van der Waals surface area contributed by atoms with E-state index in [1.807, 2.05) is 30.7 Å². The second kappa shape index (κ2) is 7.61. The van der Waals surface area contributed by atoms with Gasteiger partial charge in [-0.2, -0.15) is 0 Å². The highest BCUT2D eigenvalue weighted by Gasteiger charge is 2.23. The fraction of sp³-hybridized carbons (Fsp3) is 0.412. The standard InChI is InChI=1S/C17H22N4O2S/c1-22-14-6-13(7-15(8-14)23-2)18-9-11-10-19-17(24-3)21-16(11)20-12-4-5-12/h6-8,10,12,18H,4-5,9H2,1-3H3,(H,19,20,21). The number of nitrogens with zero attached hydrogens (tertiary/aromatic N) is 2. The van der Waals surface area contributed by atoms with Crippen LogP contribution in [0.4, 0.5) is 11.5 Å². The summed E-state index contributed by atoms with van der Waals surface area (Å²) in [5, 5.41) is 7.66. The van der Waals surface area contributed by atoms with Crippen molar-refractivity contribution in [2.45, 2.75) is 30.6 Å². The van der Waals surface area contributed by atoms with Crippen molar-refractivity contribution in [3.05, 3.63) is 30.0 Å². The van der Waals surface area contributed by atoms with E-state index in [9.17, 15) is 0 Å². The van der Waals surface area contributed by atoms with Gasteiger partial charge in [-0.1, -0.05) is 11.8 Å². The highest BCUT2D eigenvalue weighted by Crippen LogP contribution is 2.28. The Balaban J connectivity index is 1.76. The summed E-state index contributed by atoms with van der Waals surface area (Å²) in [5.41, 5.74) is 1.97. The predicted octanol–water partition coefficient (Wildman–Crippen LogP) is 3.40. The van der Waals surface area contributed by atoms with Crippen molar-refractivity contribution in [3.63, 3.8) is 0 Å². The molecule has 0 saturated heterocycles. The first-order chi connectivity index (χ1) is 11.7. The largest absolute Gasteiger partial charge is 0.497 e. The highest BCUT2D eigenvalue weighted by molar-refractivity contribution is 7.98. The van der Waals surface area contributed by atoms with Crippen molar-refractivity contribution in [2.75, 3.05) is 31.1 Å². The maximum Gasteiger partial charge on any atom is 0.189 e. The molecule has 1 aliphatic rings. The van der Waals surface area contributed by atoms with E-state index in [1.54, 1.807) is 26.0 Å². The molecule has 0 aliphatic heterocycles. The van der Waals surface area contributed by atoms with Crippen molar-refractivity contribution < 1.29 is 9.47 Å². The third kappa shape index (κ3) is 4.23. The summed E-state index contributed by atoms with van der Waals surface area (Å²) in [7, 11) is 3.29. The molecule has 0 spiro atoms. The Morgan fingerprint density at radius 2 is 1.88 bits per heavy atom. The van der Waals surface area contributed by atoms with Crippen molar-refractivity contribution in [3.8, 4) is 11.5 Å². The molecule has 2 aromatic rings. The van der Waals surface area contributed by atoms with Crippen LogP contribution >= 0.6 is 11.8 Å². The predicted molar refractivity (Wildman–Crippen MR) is 97.3 cm³/mol. The van der Waals surface area contributed by atoms with Gasteiger partial charge in [0.25, 0.3) is 0 Å². The SMILES string of the molecule is COc1cc(NCc2cnc(SC)nc2NC2CC2)cc(OC)c1. The molecular weight excluding hydrogens is 324 g/mol. The second-order valence-corrected chi connectivity index (χ2v) is 6.38. The van der Waals surface area contributed by atoms with Crippen molar-refractivity contribution in [1.82, 2.24) is 9.97 Å². The number of aromatic nitrogens is 2. The normalized spacial score (nSPS) is 13.5. The summed E-state index contributed by atoms with van der Waals surface area (Å²) >= 11 is 1.55. The van der Waals surface area contributed by atoms with Crippen LogP contribution < -0.4 is 20.1 Å². The van der Waals surface area contributed by atoms with Crippen LogP contribution in [0.15, 0.2) is 29.6 Å². The lowest BCUT2D eigenvalue weighted by molar-refractivity contribution is 0.394. The van der Waals surface area contributed by atoms with E-state index in [2.05, 4.69) is 20.6 Å². The minimum Gasteiger partial charge on any atom is -0.497 e. The molecule has 1 aromatic carbocycles. The second-order valence-electron chi connectivity index (χ2n) is 5.60. The van der Waals surface area contributed by atoms with Crippen LogP contribution in [0.5, 0.6) is 11.5 Å². The zero-order valence-electron chi connectivity index (χ0n) is 14.1. The van der Waals surface area contributed by atoms with Crippen molar-refractivity contribution in [1.29, 1.82) is 0 Å². The molecule has 24 heavy (non-hydrogen) atoms. The Kier molecular flexibility index (Phi) is 5.30. The fourth-order valence-electron chi connectivity index (χ4n) is 2.27. The average molecular weight is 346 g/mol. The van der Waals surface area contributed by atoms with Gasteiger partial charge in [-0.15, -0.1) is 0 Å². The lowest BCUT2D eigenvalue weighted by Gasteiger charge is -2.14. The third-order valence-electron chi connectivity index (χ3n) is 3.78. The molecule has 0 radical (unpaired) electrons. The van der Waals surface area contributed by atoms with Crippen LogP contribution in [-0.2, 0) is 6.54 Å². The van der Waals surface area contributed by atoms with E-state index in [0.717, 1.165) is 33.7 Å². The van der Waals surface area contributed by atoms with Gasteiger partial charge in [0.2, 0.25) is 0 Å². The Morgan fingerprint density at radius 1 is 1.17 bits per heavy atom. The first-order valence-corrected chi connectivity index (χ1v) is 9.07. The lowest BCUT2D eigenvalue weighted by atomic mass is 10.2.